The largest absolute Gasteiger partial charge is 0.459 e. The minimum atomic E-state index is -1.93. The van der Waals surface area contributed by atoms with Crippen LogP contribution in [0.3, 0.4) is 0 Å². The molecule has 0 saturated heterocycles. The van der Waals surface area contributed by atoms with Crippen LogP contribution in [0.1, 0.15) is 79.6 Å². The summed E-state index contributed by atoms with van der Waals surface area (Å²) in [4.78, 5) is 37.6. The standard InChI is InChI=1S/C27H37FO5/c1-6-7-8-23(31)33-22-15-25(5)21(13-16(2)27(25,32)17(3)29)20-10-9-18-14-19(30)11-12-24(18,4)26(20,22)28/h11-12,14,16,20-22,32H,6-10,13,15H2,1-5H3/t16?,20-,21-,22?,24-,25-,26-,27-/m0/s1. The summed E-state index contributed by atoms with van der Waals surface area (Å²) >= 11 is 0. The van der Waals surface area contributed by atoms with Crippen molar-refractivity contribution in [2.45, 2.75) is 96.9 Å². The Morgan fingerprint density at radius 1 is 1.27 bits per heavy atom. The third-order valence-corrected chi connectivity index (χ3v) is 9.74. The van der Waals surface area contributed by atoms with Gasteiger partial charge in [-0.1, -0.05) is 38.8 Å². The maximum absolute atomic E-state index is 17.8. The van der Waals surface area contributed by atoms with Crippen LogP contribution in [0.4, 0.5) is 4.39 Å². The fourth-order valence-electron chi connectivity index (χ4n) is 7.93. The molecular formula is C27H37FO5. The van der Waals surface area contributed by atoms with Gasteiger partial charge in [0.25, 0.3) is 0 Å². The maximum Gasteiger partial charge on any atom is 0.306 e. The zero-order valence-electron chi connectivity index (χ0n) is 20.4. The molecular weight excluding hydrogens is 423 g/mol. The van der Waals surface area contributed by atoms with E-state index in [2.05, 4.69) is 0 Å². The van der Waals surface area contributed by atoms with Crippen LogP contribution in [0, 0.1) is 28.6 Å². The number of hydrogen-bond donors (Lipinski definition) is 1. The molecule has 2 unspecified atom stereocenters. The number of carbonyl (C=O) groups excluding carboxylic acids is 3. The zero-order valence-corrected chi connectivity index (χ0v) is 20.4. The number of aliphatic hydroxyl groups is 1. The number of ether oxygens (including phenoxy) is 1. The van der Waals surface area contributed by atoms with Crippen LogP contribution >= 0.6 is 0 Å². The van der Waals surface area contributed by atoms with Gasteiger partial charge >= 0.3 is 5.97 Å². The van der Waals surface area contributed by atoms with Crippen LogP contribution in [0.25, 0.3) is 0 Å². The summed E-state index contributed by atoms with van der Waals surface area (Å²) in [6.45, 7) is 8.93. The zero-order chi connectivity index (χ0) is 24.4. The lowest BCUT2D eigenvalue weighted by atomic mass is 9.44. The lowest BCUT2D eigenvalue weighted by Gasteiger charge is -2.63. The van der Waals surface area contributed by atoms with Gasteiger partial charge in [0.15, 0.2) is 17.2 Å². The predicted molar refractivity (Wildman–Crippen MR) is 122 cm³/mol. The molecule has 0 bridgehead atoms. The molecule has 33 heavy (non-hydrogen) atoms. The van der Waals surface area contributed by atoms with Gasteiger partial charge in [-0.25, -0.2) is 4.39 Å². The first kappa shape index (κ1) is 24.3. The van der Waals surface area contributed by atoms with E-state index in [1.54, 1.807) is 13.0 Å². The first-order valence-electron chi connectivity index (χ1n) is 12.4. The van der Waals surface area contributed by atoms with Crippen LogP contribution in [0.15, 0.2) is 23.8 Å². The molecule has 0 aromatic carbocycles. The van der Waals surface area contributed by atoms with E-state index in [4.69, 9.17) is 4.74 Å². The SMILES string of the molecule is CCCCC(=O)OC1C[C@@]2(C)[C@@H](CC(C)[C@]2(O)C(C)=O)[C@@H]2CCC3=CC(=O)C=C[C@]3(C)[C@@]12F. The van der Waals surface area contributed by atoms with Crippen molar-refractivity contribution in [3.05, 3.63) is 23.8 Å². The fourth-order valence-corrected chi connectivity index (χ4v) is 7.93. The van der Waals surface area contributed by atoms with Crippen LogP contribution in [0.5, 0.6) is 0 Å². The van der Waals surface area contributed by atoms with E-state index in [-0.39, 0.29) is 36.2 Å². The minimum absolute atomic E-state index is 0.0770. The number of alkyl halides is 1. The van der Waals surface area contributed by atoms with Gasteiger partial charge in [-0.15, -0.1) is 0 Å². The molecule has 8 atom stereocenters. The van der Waals surface area contributed by atoms with Gasteiger partial charge in [-0.05, 0) is 69.9 Å². The topological polar surface area (TPSA) is 80.7 Å². The van der Waals surface area contributed by atoms with Crippen molar-refractivity contribution in [1.82, 2.24) is 0 Å². The molecule has 0 aromatic heterocycles. The van der Waals surface area contributed by atoms with Crippen molar-refractivity contribution in [3.8, 4) is 0 Å². The van der Waals surface area contributed by atoms with E-state index >= 15 is 4.39 Å². The Labute approximate surface area is 195 Å². The van der Waals surface area contributed by atoms with E-state index in [1.807, 2.05) is 20.8 Å². The average molecular weight is 461 g/mol. The van der Waals surface area contributed by atoms with Crippen molar-refractivity contribution in [3.63, 3.8) is 0 Å². The molecule has 0 amide bonds. The average Bonchev–Trinajstić information content (AvgIpc) is 2.95. The highest BCUT2D eigenvalue weighted by molar-refractivity contribution is 6.01. The van der Waals surface area contributed by atoms with Crippen molar-refractivity contribution in [2.24, 2.45) is 28.6 Å². The Morgan fingerprint density at radius 3 is 2.61 bits per heavy atom. The van der Waals surface area contributed by atoms with Gasteiger partial charge in [0, 0.05) is 23.2 Å². The van der Waals surface area contributed by atoms with Crippen LogP contribution in [-0.4, -0.2) is 40.0 Å². The van der Waals surface area contributed by atoms with Gasteiger partial charge in [-0.2, -0.15) is 0 Å². The van der Waals surface area contributed by atoms with Crippen LogP contribution in [0.2, 0.25) is 0 Å². The van der Waals surface area contributed by atoms with E-state index < -0.39 is 40.1 Å². The summed E-state index contributed by atoms with van der Waals surface area (Å²) in [5.41, 5.74) is -4.77. The second kappa shape index (κ2) is 7.86. The Balaban J connectivity index is 1.84. The molecule has 3 saturated carbocycles. The quantitative estimate of drug-likeness (QED) is 0.604. The first-order valence-corrected chi connectivity index (χ1v) is 12.4. The van der Waals surface area contributed by atoms with Gasteiger partial charge in [-0.3, -0.25) is 14.4 Å². The van der Waals surface area contributed by atoms with Crippen molar-refractivity contribution in [2.75, 3.05) is 0 Å². The molecule has 3 fully saturated rings. The van der Waals surface area contributed by atoms with Gasteiger partial charge < -0.3 is 9.84 Å². The third-order valence-electron chi connectivity index (χ3n) is 9.74. The molecule has 0 heterocycles. The molecule has 6 heteroatoms. The number of hydrogen-bond acceptors (Lipinski definition) is 5. The van der Waals surface area contributed by atoms with E-state index in [1.165, 1.54) is 19.1 Å². The van der Waals surface area contributed by atoms with Crippen molar-refractivity contribution in [1.29, 1.82) is 0 Å². The second-order valence-corrected chi connectivity index (χ2v) is 11.3. The number of esters is 1. The number of allylic oxidation sites excluding steroid dienone is 4. The number of fused-ring (bicyclic) bond motifs is 5. The Morgan fingerprint density at radius 2 is 1.97 bits per heavy atom. The second-order valence-electron chi connectivity index (χ2n) is 11.3. The molecule has 4 aliphatic carbocycles. The molecule has 182 valence electrons. The highest BCUT2D eigenvalue weighted by Gasteiger charge is 2.76. The highest BCUT2D eigenvalue weighted by atomic mass is 19.1. The Hall–Kier alpha value is -1.82. The first-order chi connectivity index (χ1) is 15.4. The Kier molecular flexibility index (Phi) is 5.79. The molecule has 0 aliphatic heterocycles. The summed E-state index contributed by atoms with van der Waals surface area (Å²) < 4.78 is 23.7. The van der Waals surface area contributed by atoms with Crippen LogP contribution < -0.4 is 0 Å². The van der Waals surface area contributed by atoms with Crippen LogP contribution in [-0.2, 0) is 19.1 Å². The smallest absolute Gasteiger partial charge is 0.306 e. The number of halogens is 1. The summed E-state index contributed by atoms with van der Waals surface area (Å²) in [7, 11) is 0. The fraction of sp³-hybridized carbons (Fsp3) is 0.741. The lowest BCUT2D eigenvalue weighted by Crippen LogP contribution is -2.69. The highest BCUT2D eigenvalue weighted by Crippen LogP contribution is 2.71. The monoisotopic (exact) mass is 460 g/mol. The van der Waals surface area contributed by atoms with Crippen molar-refractivity contribution < 1.29 is 28.6 Å². The van der Waals surface area contributed by atoms with E-state index in [9.17, 15) is 19.5 Å². The number of unbranched alkanes of at least 4 members (excludes halogenated alkanes) is 1. The molecule has 1 N–H and O–H groups in total. The summed E-state index contributed by atoms with van der Waals surface area (Å²) in [6, 6.07) is 0. The van der Waals surface area contributed by atoms with Gasteiger partial charge in [0.05, 0.1) is 0 Å². The molecule has 5 nitrogen and oxygen atoms in total. The lowest BCUT2D eigenvalue weighted by molar-refractivity contribution is -0.229. The molecule has 0 radical (unpaired) electrons. The van der Waals surface area contributed by atoms with Gasteiger partial charge in [0.2, 0.25) is 0 Å². The number of rotatable bonds is 5. The van der Waals surface area contributed by atoms with E-state index in [0.29, 0.717) is 25.7 Å². The van der Waals surface area contributed by atoms with E-state index in [0.717, 1.165) is 12.0 Å². The molecule has 0 aromatic rings. The third kappa shape index (κ3) is 3.08. The molecule has 0 spiro atoms. The number of carbonyl (C=O) groups is 3. The maximum atomic E-state index is 17.8. The summed E-state index contributed by atoms with van der Waals surface area (Å²) in [6.07, 6.45) is 6.84. The van der Waals surface area contributed by atoms with Gasteiger partial charge in [0.1, 0.15) is 11.7 Å². The molecule has 4 rings (SSSR count). The molecule has 4 aliphatic rings. The predicted octanol–water partition coefficient (Wildman–Crippen LogP) is 4.66. The number of ketones is 2. The van der Waals surface area contributed by atoms with Crippen molar-refractivity contribution >= 4 is 17.5 Å². The normalized spacial score (nSPS) is 46.2. The summed E-state index contributed by atoms with van der Waals surface area (Å²) in [5, 5.41) is 11.7. The Bertz CT molecular complexity index is 939. The number of Topliss-reactive ketones (excluding diaryl/α,β-unsaturated/α-hetero) is 1. The summed E-state index contributed by atoms with van der Waals surface area (Å²) in [5.74, 6) is -1.97. The minimum Gasteiger partial charge on any atom is -0.459 e.